The minimum absolute atomic E-state index is 0.299. The SMILES string of the molecule is [N-]=[N+]=C1N=CC([N+](=O)[O-])=N1. The van der Waals surface area contributed by atoms with Crippen molar-refractivity contribution in [2.75, 3.05) is 0 Å². The van der Waals surface area contributed by atoms with Gasteiger partial charge < -0.3 is 20.4 Å². The molecule has 0 aliphatic carbocycles. The normalized spacial score (nSPS) is 14.8. The van der Waals surface area contributed by atoms with Gasteiger partial charge in [-0.25, -0.2) is 0 Å². The fraction of sp³-hybridized carbons (Fsp3) is 0. The number of amidine groups is 1. The molecule has 0 bridgehead atoms. The fourth-order valence-electron chi connectivity index (χ4n) is 0.412. The van der Waals surface area contributed by atoms with Crippen molar-refractivity contribution in [1.29, 1.82) is 0 Å². The number of nitrogens with zero attached hydrogens (tertiary/aromatic N) is 5. The van der Waals surface area contributed by atoms with Crippen molar-refractivity contribution in [3.8, 4) is 0 Å². The van der Waals surface area contributed by atoms with Gasteiger partial charge >= 0.3 is 11.8 Å². The molecule has 0 fully saturated rings. The Bertz CT molecular complexity index is 283. The van der Waals surface area contributed by atoms with Gasteiger partial charge in [0.25, 0.3) is 0 Å². The molecule has 1 rings (SSSR count). The number of aliphatic imine (C=N–C) groups is 2. The van der Waals surface area contributed by atoms with E-state index in [0.717, 1.165) is 6.21 Å². The second kappa shape index (κ2) is 2.16. The number of rotatable bonds is 0. The molecular weight excluding hydrogens is 138 g/mol. The van der Waals surface area contributed by atoms with E-state index in [4.69, 9.17) is 5.53 Å². The molecule has 7 nitrogen and oxygen atoms in total. The highest BCUT2D eigenvalue weighted by Crippen LogP contribution is 1.89. The van der Waals surface area contributed by atoms with E-state index in [0.29, 0.717) is 0 Å². The summed E-state index contributed by atoms with van der Waals surface area (Å²) in [6.07, 6.45) is 0.912. The molecule has 7 heteroatoms. The first-order valence-electron chi connectivity index (χ1n) is 2.23. The molecule has 0 saturated heterocycles. The molecule has 0 amide bonds. The molecule has 0 unspecified atom stereocenters. The molecule has 1 heterocycles. The third kappa shape index (κ3) is 0.932. The van der Waals surface area contributed by atoms with Crippen LogP contribution in [0, 0.1) is 10.1 Å². The van der Waals surface area contributed by atoms with E-state index < -0.39 is 10.8 Å². The molecule has 0 aromatic carbocycles. The lowest BCUT2D eigenvalue weighted by Gasteiger charge is -1.81. The summed E-state index contributed by atoms with van der Waals surface area (Å²) in [5.74, 6) is -0.723. The van der Waals surface area contributed by atoms with E-state index in [9.17, 15) is 10.1 Å². The lowest BCUT2D eigenvalue weighted by atomic mass is 10.7. The molecule has 0 aromatic heterocycles. The Balaban J connectivity index is 2.98. The lowest BCUT2D eigenvalue weighted by Crippen LogP contribution is -2.10. The first-order valence-corrected chi connectivity index (χ1v) is 2.23. The zero-order valence-corrected chi connectivity index (χ0v) is 4.63. The number of hydrogen-bond donors (Lipinski definition) is 0. The van der Waals surface area contributed by atoms with Crippen LogP contribution in [-0.2, 0) is 0 Å². The van der Waals surface area contributed by atoms with Crippen LogP contribution in [0.4, 0.5) is 0 Å². The number of nitro groups is 1. The third-order valence-corrected chi connectivity index (χ3v) is 0.787. The molecule has 10 heavy (non-hydrogen) atoms. The van der Waals surface area contributed by atoms with Crippen LogP contribution in [0.3, 0.4) is 0 Å². The summed E-state index contributed by atoms with van der Waals surface area (Å²) < 4.78 is 0. The zero-order valence-electron chi connectivity index (χ0n) is 4.63. The van der Waals surface area contributed by atoms with Crippen LogP contribution in [0.1, 0.15) is 0 Å². The second-order valence-electron chi connectivity index (χ2n) is 1.39. The number of guanidine groups is 1. The van der Waals surface area contributed by atoms with Crippen molar-refractivity contribution >= 4 is 18.0 Å². The van der Waals surface area contributed by atoms with Crippen LogP contribution in [-0.4, -0.2) is 27.7 Å². The smallest absolute Gasteiger partial charge is 0.542 e. The maximum absolute atomic E-state index is 9.91. The fourth-order valence-corrected chi connectivity index (χ4v) is 0.412. The molecular formula is C3HN5O2. The Morgan fingerprint density at radius 1 is 1.80 bits per heavy atom. The summed E-state index contributed by atoms with van der Waals surface area (Å²) >= 11 is 0. The van der Waals surface area contributed by atoms with Crippen molar-refractivity contribution in [2.45, 2.75) is 0 Å². The van der Waals surface area contributed by atoms with E-state index >= 15 is 0 Å². The second-order valence-corrected chi connectivity index (χ2v) is 1.39. The Morgan fingerprint density at radius 2 is 2.50 bits per heavy atom. The van der Waals surface area contributed by atoms with E-state index in [-0.39, 0.29) is 5.96 Å². The molecule has 0 N–H and O–H groups in total. The quantitative estimate of drug-likeness (QED) is 0.192. The Labute approximate surface area is 54.5 Å². The minimum atomic E-state index is -0.721. The Kier molecular flexibility index (Phi) is 1.35. The van der Waals surface area contributed by atoms with E-state index in [2.05, 4.69) is 14.8 Å². The van der Waals surface area contributed by atoms with Crippen molar-refractivity contribution in [3.05, 3.63) is 15.6 Å². The molecule has 1 aliphatic heterocycles. The average molecular weight is 139 g/mol. The summed E-state index contributed by atoms with van der Waals surface area (Å²) in [5, 5.41) is 9.91. The lowest BCUT2D eigenvalue weighted by molar-refractivity contribution is -0.345. The molecule has 1 aliphatic rings. The molecule has 0 radical (unpaired) electrons. The maximum Gasteiger partial charge on any atom is 0.546 e. The highest BCUT2D eigenvalue weighted by atomic mass is 16.6. The van der Waals surface area contributed by atoms with E-state index in [1.807, 2.05) is 0 Å². The van der Waals surface area contributed by atoms with Gasteiger partial charge in [0.1, 0.15) is 0 Å². The van der Waals surface area contributed by atoms with Crippen LogP contribution < -0.4 is 0 Å². The summed E-state index contributed by atoms with van der Waals surface area (Å²) in [5.41, 5.74) is 8.01. The zero-order chi connectivity index (χ0) is 7.56. The predicted molar refractivity (Wildman–Crippen MR) is 31.5 cm³/mol. The standard InChI is InChI=1S/C3HN5O2/c4-7-3-5-1-2(6-3)8(9)10/h1H. The van der Waals surface area contributed by atoms with Crippen molar-refractivity contribution in [1.82, 2.24) is 0 Å². The van der Waals surface area contributed by atoms with Crippen LogP contribution in [0.25, 0.3) is 5.53 Å². The first-order chi connectivity index (χ1) is 4.74. The van der Waals surface area contributed by atoms with Crippen LogP contribution in [0.15, 0.2) is 9.98 Å². The molecule has 0 aromatic rings. The first kappa shape index (κ1) is 6.24. The van der Waals surface area contributed by atoms with Gasteiger partial charge in [-0.1, -0.05) is 0 Å². The van der Waals surface area contributed by atoms with Crippen LogP contribution in [0.2, 0.25) is 0 Å². The summed E-state index contributed by atoms with van der Waals surface area (Å²) in [4.78, 5) is 18.2. The average Bonchev–Trinajstić information content (AvgIpc) is 2.34. The molecule has 0 atom stereocenters. The Hall–Kier alpha value is -1.88. The molecule has 0 spiro atoms. The molecule has 0 saturated carbocycles. The van der Waals surface area contributed by atoms with Gasteiger partial charge in [0.2, 0.25) is 6.21 Å². The van der Waals surface area contributed by atoms with Gasteiger partial charge in [-0.3, -0.25) is 0 Å². The largest absolute Gasteiger partial charge is 0.546 e. The predicted octanol–water partition coefficient (Wildman–Crippen LogP) is -0.668. The van der Waals surface area contributed by atoms with Gasteiger partial charge in [-0.2, -0.15) is 0 Å². The highest BCUT2D eigenvalue weighted by Gasteiger charge is 2.24. The minimum Gasteiger partial charge on any atom is -0.542 e. The summed E-state index contributed by atoms with van der Waals surface area (Å²) in [6.45, 7) is 0. The topological polar surface area (TPSA) is 104 Å². The van der Waals surface area contributed by atoms with Crippen molar-refractivity contribution in [3.63, 3.8) is 0 Å². The summed E-state index contributed by atoms with van der Waals surface area (Å²) in [6, 6.07) is 0. The monoisotopic (exact) mass is 139 g/mol. The van der Waals surface area contributed by atoms with Crippen LogP contribution >= 0.6 is 0 Å². The van der Waals surface area contributed by atoms with Gasteiger partial charge in [-0.15, -0.1) is 0 Å². The van der Waals surface area contributed by atoms with Crippen molar-refractivity contribution in [2.24, 2.45) is 9.98 Å². The highest BCUT2D eigenvalue weighted by molar-refractivity contribution is 6.32. The van der Waals surface area contributed by atoms with Gasteiger partial charge in [-0.05, 0) is 9.92 Å². The van der Waals surface area contributed by atoms with Crippen molar-refractivity contribution < 1.29 is 9.71 Å². The number of hydrogen-bond acceptors (Lipinski definition) is 2. The Morgan fingerprint density at radius 3 is 2.80 bits per heavy atom. The molecule has 50 valence electrons. The van der Waals surface area contributed by atoms with E-state index in [1.165, 1.54) is 0 Å². The van der Waals surface area contributed by atoms with Gasteiger partial charge in [0, 0.05) is 0 Å². The maximum atomic E-state index is 9.91. The van der Waals surface area contributed by atoms with Gasteiger partial charge in [0.15, 0.2) is 0 Å². The van der Waals surface area contributed by atoms with Gasteiger partial charge in [0.05, 0.1) is 4.99 Å². The van der Waals surface area contributed by atoms with E-state index in [1.54, 1.807) is 0 Å². The summed E-state index contributed by atoms with van der Waals surface area (Å²) in [7, 11) is 0. The van der Waals surface area contributed by atoms with Crippen LogP contribution in [0.5, 0.6) is 0 Å². The third-order valence-electron chi connectivity index (χ3n) is 0.787.